The number of rotatable bonds is 5. The maximum Gasteiger partial charge on any atom is 0.271 e. The van der Waals surface area contributed by atoms with Crippen LogP contribution in [-0.2, 0) is 6.54 Å². The number of amides is 1. The van der Waals surface area contributed by atoms with Crippen LogP contribution in [0.1, 0.15) is 16.1 Å². The third-order valence-corrected chi connectivity index (χ3v) is 4.24. The van der Waals surface area contributed by atoms with Crippen molar-refractivity contribution in [2.24, 2.45) is 0 Å². The Hall–Kier alpha value is -2.37. The standard InChI is InChI=1S/C17H14ClN3OS/c18-13-8-4-5-9-14(13)20-17-21-15(11-23-17)16(22)19-10-12-6-2-1-3-7-12/h1-9,11H,10H2,(H,19,22)(H,20,21). The van der Waals surface area contributed by atoms with Crippen molar-refractivity contribution in [3.05, 3.63) is 76.3 Å². The first-order valence-electron chi connectivity index (χ1n) is 7.01. The Morgan fingerprint density at radius 2 is 1.83 bits per heavy atom. The summed E-state index contributed by atoms with van der Waals surface area (Å²) in [7, 11) is 0. The number of thiazole rings is 1. The van der Waals surface area contributed by atoms with Gasteiger partial charge in [0.05, 0.1) is 10.7 Å². The largest absolute Gasteiger partial charge is 0.347 e. The first kappa shape index (κ1) is 15.5. The van der Waals surface area contributed by atoms with Gasteiger partial charge in [0.25, 0.3) is 5.91 Å². The quantitative estimate of drug-likeness (QED) is 0.718. The number of hydrogen-bond acceptors (Lipinski definition) is 4. The fraction of sp³-hybridized carbons (Fsp3) is 0.0588. The monoisotopic (exact) mass is 343 g/mol. The summed E-state index contributed by atoms with van der Waals surface area (Å²) in [6.45, 7) is 0.477. The molecular weight excluding hydrogens is 330 g/mol. The van der Waals surface area contributed by atoms with Gasteiger partial charge in [-0.05, 0) is 17.7 Å². The molecule has 1 aromatic heterocycles. The summed E-state index contributed by atoms with van der Waals surface area (Å²) in [6.07, 6.45) is 0. The van der Waals surface area contributed by atoms with Gasteiger partial charge in [-0.15, -0.1) is 11.3 Å². The second-order valence-corrected chi connectivity index (χ2v) is 6.08. The van der Waals surface area contributed by atoms with Crippen LogP contribution in [0.25, 0.3) is 0 Å². The average molecular weight is 344 g/mol. The van der Waals surface area contributed by atoms with Crippen LogP contribution in [0.2, 0.25) is 5.02 Å². The molecule has 1 amide bonds. The molecule has 0 fully saturated rings. The van der Waals surface area contributed by atoms with Crippen LogP contribution in [0.4, 0.5) is 10.8 Å². The number of aromatic nitrogens is 1. The fourth-order valence-electron chi connectivity index (χ4n) is 1.98. The normalized spacial score (nSPS) is 10.3. The molecule has 0 unspecified atom stereocenters. The molecule has 3 aromatic rings. The number of hydrogen-bond donors (Lipinski definition) is 2. The van der Waals surface area contributed by atoms with Crippen LogP contribution < -0.4 is 10.6 Å². The third kappa shape index (κ3) is 4.09. The zero-order valence-electron chi connectivity index (χ0n) is 12.1. The Morgan fingerprint density at radius 3 is 2.61 bits per heavy atom. The second kappa shape index (κ2) is 7.26. The van der Waals surface area contributed by atoms with Crippen molar-refractivity contribution < 1.29 is 4.79 Å². The van der Waals surface area contributed by atoms with Crippen molar-refractivity contribution in [2.45, 2.75) is 6.54 Å². The molecule has 2 aromatic carbocycles. The Kier molecular flexibility index (Phi) is 4.90. The Bertz CT molecular complexity index is 804. The summed E-state index contributed by atoms with van der Waals surface area (Å²) in [6, 6.07) is 17.2. The smallest absolute Gasteiger partial charge is 0.271 e. The van der Waals surface area contributed by atoms with Gasteiger partial charge in [0.1, 0.15) is 5.69 Å². The van der Waals surface area contributed by atoms with Crippen molar-refractivity contribution in [1.29, 1.82) is 0 Å². The van der Waals surface area contributed by atoms with Gasteiger partial charge < -0.3 is 10.6 Å². The zero-order chi connectivity index (χ0) is 16.1. The minimum absolute atomic E-state index is 0.197. The van der Waals surface area contributed by atoms with Gasteiger partial charge in [-0.3, -0.25) is 4.79 Å². The van der Waals surface area contributed by atoms with Crippen molar-refractivity contribution >= 4 is 39.7 Å². The van der Waals surface area contributed by atoms with E-state index in [-0.39, 0.29) is 5.91 Å². The van der Waals surface area contributed by atoms with Crippen LogP contribution >= 0.6 is 22.9 Å². The lowest BCUT2D eigenvalue weighted by Gasteiger charge is -2.04. The predicted molar refractivity (Wildman–Crippen MR) is 94.5 cm³/mol. The molecule has 2 N–H and O–H groups in total. The lowest BCUT2D eigenvalue weighted by atomic mass is 10.2. The van der Waals surface area contributed by atoms with Crippen molar-refractivity contribution in [3.8, 4) is 0 Å². The number of nitrogens with one attached hydrogen (secondary N) is 2. The molecule has 0 atom stereocenters. The molecule has 0 saturated heterocycles. The molecule has 4 nitrogen and oxygen atoms in total. The molecule has 0 aliphatic carbocycles. The number of carbonyl (C=O) groups is 1. The van der Waals surface area contributed by atoms with Gasteiger partial charge in [0.15, 0.2) is 5.13 Å². The number of anilines is 2. The van der Waals surface area contributed by atoms with Crippen LogP contribution in [-0.4, -0.2) is 10.9 Å². The van der Waals surface area contributed by atoms with E-state index < -0.39 is 0 Å². The highest BCUT2D eigenvalue weighted by Crippen LogP contribution is 2.26. The Balaban J connectivity index is 1.62. The van der Waals surface area contributed by atoms with Crippen LogP contribution in [0.15, 0.2) is 60.0 Å². The van der Waals surface area contributed by atoms with Gasteiger partial charge in [-0.1, -0.05) is 54.1 Å². The summed E-state index contributed by atoms with van der Waals surface area (Å²) in [4.78, 5) is 16.4. The van der Waals surface area contributed by atoms with E-state index in [2.05, 4.69) is 15.6 Å². The highest BCUT2D eigenvalue weighted by atomic mass is 35.5. The summed E-state index contributed by atoms with van der Waals surface area (Å²) < 4.78 is 0. The van der Waals surface area contributed by atoms with Crippen LogP contribution in [0, 0.1) is 0 Å². The van der Waals surface area contributed by atoms with Gasteiger partial charge in [0, 0.05) is 11.9 Å². The zero-order valence-corrected chi connectivity index (χ0v) is 13.7. The molecule has 0 bridgehead atoms. The van der Waals surface area contributed by atoms with Crippen LogP contribution in [0.3, 0.4) is 0 Å². The van der Waals surface area contributed by atoms with E-state index in [0.717, 1.165) is 11.3 Å². The summed E-state index contributed by atoms with van der Waals surface area (Å²) in [5.41, 5.74) is 2.20. The van der Waals surface area contributed by atoms with E-state index in [1.54, 1.807) is 11.4 Å². The van der Waals surface area contributed by atoms with E-state index in [1.807, 2.05) is 48.5 Å². The van der Waals surface area contributed by atoms with Crippen molar-refractivity contribution in [1.82, 2.24) is 10.3 Å². The molecule has 116 valence electrons. The topological polar surface area (TPSA) is 54.0 Å². The molecule has 0 radical (unpaired) electrons. The molecule has 23 heavy (non-hydrogen) atoms. The highest BCUT2D eigenvalue weighted by Gasteiger charge is 2.11. The first-order valence-corrected chi connectivity index (χ1v) is 8.27. The van der Waals surface area contributed by atoms with E-state index in [0.29, 0.717) is 22.4 Å². The molecule has 0 aliphatic heterocycles. The predicted octanol–water partition coefficient (Wildman–Crippen LogP) is 4.47. The maximum absolute atomic E-state index is 12.1. The fourth-order valence-corrected chi connectivity index (χ4v) is 2.87. The Morgan fingerprint density at radius 1 is 1.09 bits per heavy atom. The lowest BCUT2D eigenvalue weighted by molar-refractivity contribution is 0.0946. The first-order chi connectivity index (χ1) is 11.2. The van der Waals surface area contributed by atoms with Crippen LogP contribution in [0.5, 0.6) is 0 Å². The highest BCUT2D eigenvalue weighted by molar-refractivity contribution is 7.14. The number of para-hydroxylation sites is 1. The molecule has 0 aliphatic rings. The summed E-state index contributed by atoms with van der Waals surface area (Å²) in [5.74, 6) is -0.197. The van der Waals surface area contributed by atoms with Gasteiger partial charge in [-0.2, -0.15) is 0 Å². The minimum Gasteiger partial charge on any atom is -0.347 e. The van der Waals surface area contributed by atoms with E-state index >= 15 is 0 Å². The number of nitrogens with zero attached hydrogens (tertiary/aromatic N) is 1. The van der Waals surface area contributed by atoms with Gasteiger partial charge in [0.2, 0.25) is 0 Å². The van der Waals surface area contributed by atoms with Gasteiger partial charge >= 0.3 is 0 Å². The molecule has 6 heteroatoms. The molecule has 1 heterocycles. The van der Waals surface area contributed by atoms with E-state index in [1.165, 1.54) is 11.3 Å². The van der Waals surface area contributed by atoms with Crippen molar-refractivity contribution in [2.75, 3.05) is 5.32 Å². The van der Waals surface area contributed by atoms with Gasteiger partial charge in [-0.25, -0.2) is 4.98 Å². The minimum atomic E-state index is -0.197. The van der Waals surface area contributed by atoms with E-state index in [9.17, 15) is 4.79 Å². The molecule has 0 saturated carbocycles. The molecule has 0 spiro atoms. The summed E-state index contributed by atoms with van der Waals surface area (Å²) in [5, 5.41) is 8.93. The van der Waals surface area contributed by atoms with E-state index in [4.69, 9.17) is 11.6 Å². The number of halogens is 1. The SMILES string of the molecule is O=C(NCc1ccccc1)c1csc(Nc2ccccc2Cl)n1. The van der Waals surface area contributed by atoms with Crippen molar-refractivity contribution in [3.63, 3.8) is 0 Å². The Labute approximate surface area is 143 Å². The lowest BCUT2D eigenvalue weighted by Crippen LogP contribution is -2.23. The molecular formula is C17H14ClN3OS. The molecule has 3 rings (SSSR count). The number of carbonyl (C=O) groups excluding carboxylic acids is 1. The third-order valence-electron chi connectivity index (χ3n) is 3.15. The average Bonchev–Trinajstić information content (AvgIpc) is 3.04. The summed E-state index contributed by atoms with van der Waals surface area (Å²) >= 11 is 7.46. The second-order valence-electron chi connectivity index (χ2n) is 4.81. The maximum atomic E-state index is 12.1. The number of benzene rings is 2.